The monoisotopic (exact) mass is 200 g/mol. The smallest absolute Gasteiger partial charge is 0.00772 e. The Morgan fingerprint density at radius 1 is 0.786 bits per heavy atom. The third-order valence-electron chi connectivity index (χ3n) is 3.52. The minimum absolute atomic E-state index is 0.798. The Morgan fingerprint density at radius 3 is 1.43 bits per heavy atom. The van der Waals surface area contributed by atoms with Crippen LogP contribution in [0.25, 0.3) is 0 Å². The Hall–Kier alpha value is -0.0800. The summed E-state index contributed by atoms with van der Waals surface area (Å²) in [5, 5.41) is 0. The fourth-order valence-electron chi connectivity index (χ4n) is 1.97. The van der Waals surface area contributed by atoms with Gasteiger partial charge in [-0.15, -0.1) is 0 Å². The first-order valence-electron chi connectivity index (χ1n) is 6.03. The van der Waals surface area contributed by atoms with Gasteiger partial charge in [0.15, 0.2) is 0 Å². The summed E-state index contributed by atoms with van der Waals surface area (Å²) in [6, 6.07) is 0. The Balaban J connectivity index is 3.72. The van der Waals surface area contributed by atoms with E-state index < -0.39 is 0 Å². The zero-order valence-corrected chi connectivity index (χ0v) is 10.1. The second-order valence-corrected chi connectivity index (χ2v) is 4.68. The van der Waals surface area contributed by atoms with Gasteiger partial charge < -0.3 is 11.5 Å². The van der Waals surface area contributed by atoms with Crippen LogP contribution in [-0.2, 0) is 0 Å². The van der Waals surface area contributed by atoms with Gasteiger partial charge in [0.2, 0.25) is 0 Å². The normalized spacial score (nSPS) is 17.8. The molecule has 0 aromatic heterocycles. The minimum Gasteiger partial charge on any atom is -0.330 e. The first-order valence-corrected chi connectivity index (χ1v) is 6.03. The maximum absolute atomic E-state index is 5.52. The molecule has 2 unspecified atom stereocenters. The maximum atomic E-state index is 5.52. The van der Waals surface area contributed by atoms with Crippen LogP contribution in [0.2, 0.25) is 0 Å². The summed E-state index contributed by atoms with van der Waals surface area (Å²) in [6.07, 6.45) is 4.86. The van der Waals surface area contributed by atoms with E-state index in [9.17, 15) is 0 Å². The van der Waals surface area contributed by atoms with E-state index in [1.165, 1.54) is 12.8 Å². The molecular weight excluding hydrogens is 172 g/mol. The van der Waals surface area contributed by atoms with Gasteiger partial charge in [-0.25, -0.2) is 0 Å². The van der Waals surface area contributed by atoms with Crippen LogP contribution in [0.4, 0.5) is 0 Å². The summed E-state index contributed by atoms with van der Waals surface area (Å²) in [4.78, 5) is 0. The number of hydrogen-bond donors (Lipinski definition) is 2. The zero-order chi connectivity index (χ0) is 11.0. The second kappa shape index (κ2) is 8.25. The highest BCUT2D eigenvalue weighted by Crippen LogP contribution is 2.26. The SMILES string of the molecule is CC(CCCN)C(C)C(C)CCCN. The van der Waals surface area contributed by atoms with Crippen molar-refractivity contribution >= 4 is 0 Å². The van der Waals surface area contributed by atoms with Crippen LogP contribution in [0.1, 0.15) is 46.5 Å². The van der Waals surface area contributed by atoms with Crippen molar-refractivity contribution in [2.24, 2.45) is 29.2 Å². The summed E-state index contributed by atoms with van der Waals surface area (Å²) in [7, 11) is 0. The lowest BCUT2D eigenvalue weighted by Crippen LogP contribution is -2.18. The van der Waals surface area contributed by atoms with Crippen LogP contribution >= 0.6 is 0 Å². The van der Waals surface area contributed by atoms with Crippen LogP contribution in [-0.4, -0.2) is 13.1 Å². The van der Waals surface area contributed by atoms with E-state index in [-0.39, 0.29) is 0 Å². The number of nitrogens with two attached hydrogens (primary N) is 2. The molecule has 0 aliphatic rings. The van der Waals surface area contributed by atoms with Gasteiger partial charge in [0.05, 0.1) is 0 Å². The fourth-order valence-corrected chi connectivity index (χ4v) is 1.97. The van der Waals surface area contributed by atoms with Gasteiger partial charge in [-0.3, -0.25) is 0 Å². The van der Waals surface area contributed by atoms with E-state index in [0.717, 1.165) is 43.7 Å². The lowest BCUT2D eigenvalue weighted by atomic mass is 9.80. The quantitative estimate of drug-likeness (QED) is 0.632. The second-order valence-electron chi connectivity index (χ2n) is 4.68. The van der Waals surface area contributed by atoms with Crippen LogP contribution < -0.4 is 11.5 Å². The van der Waals surface area contributed by atoms with E-state index in [0.29, 0.717) is 0 Å². The largest absolute Gasteiger partial charge is 0.330 e. The lowest BCUT2D eigenvalue weighted by Gasteiger charge is -2.26. The fraction of sp³-hybridized carbons (Fsp3) is 1.00. The minimum atomic E-state index is 0.798. The molecule has 0 saturated heterocycles. The summed E-state index contributed by atoms with van der Waals surface area (Å²) in [5.41, 5.74) is 11.0. The van der Waals surface area contributed by atoms with Gasteiger partial charge in [0.25, 0.3) is 0 Å². The lowest BCUT2D eigenvalue weighted by molar-refractivity contribution is 0.249. The van der Waals surface area contributed by atoms with Crippen LogP contribution in [0.5, 0.6) is 0 Å². The van der Waals surface area contributed by atoms with Crippen molar-refractivity contribution in [3.05, 3.63) is 0 Å². The van der Waals surface area contributed by atoms with Crippen molar-refractivity contribution in [1.29, 1.82) is 0 Å². The summed E-state index contributed by atoms with van der Waals surface area (Å²) >= 11 is 0. The molecule has 4 N–H and O–H groups in total. The molecule has 0 saturated carbocycles. The zero-order valence-electron chi connectivity index (χ0n) is 10.1. The molecule has 0 spiro atoms. The van der Waals surface area contributed by atoms with E-state index in [4.69, 9.17) is 11.5 Å². The highest BCUT2D eigenvalue weighted by Gasteiger charge is 2.17. The molecule has 2 atom stereocenters. The summed E-state index contributed by atoms with van der Waals surface area (Å²) in [5.74, 6) is 2.39. The molecule has 0 radical (unpaired) electrons. The van der Waals surface area contributed by atoms with Gasteiger partial charge >= 0.3 is 0 Å². The van der Waals surface area contributed by atoms with Crippen molar-refractivity contribution in [3.8, 4) is 0 Å². The van der Waals surface area contributed by atoms with E-state index >= 15 is 0 Å². The Morgan fingerprint density at radius 2 is 1.14 bits per heavy atom. The molecule has 0 aliphatic heterocycles. The van der Waals surface area contributed by atoms with Gasteiger partial charge in [-0.2, -0.15) is 0 Å². The summed E-state index contributed by atoms with van der Waals surface area (Å²) < 4.78 is 0. The van der Waals surface area contributed by atoms with Gasteiger partial charge in [-0.1, -0.05) is 20.8 Å². The van der Waals surface area contributed by atoms with Gasteiger partial charge in [-0.05, 0) is 56.5 Å². The van der Waals surface area contributed by atoms with Crippen LogP contribution in [0, 0.1) is 17.8 Å². The molecular formula is C12H28N2. The molecule has 0 aromatic rings. The maximum Gasteiger partial charge on any atom is -0.00772 e. The first-order chi connectivity index (χ1) is 6.63. The standard InChI is InChI=1S/C12H28N2/c1-10(6-4-8-13)12(3)11(2)7-5-9-14/h10-12H,4-9,13-14H2,1-3H3. The summed E-state index contributed by atoms with van der Waals surface area (Å²) in [6.45, 7) is 8.71. The topological polar surface area (TPSA) is 52.0 Å². The molecule has 2 heteroatoms. The average Bonchev–Trinajstić information content (AvgIpc) is 2.21. The molecule has 0 heterocycles. The number of hydrogen-bond acceptors (Lipinski definition) is 2. The molecule has 14 heavy (non-hydrogen) atoms. The average molecular weight is 200 g/mol. The van der Waals surface area contributed by atoms with E-state index in [1.807, 2.05) is 0 Å². The predicted octanol–water partition coefficient (Wildman–Crippen LogP) is 2.37. The first kappa shape index (κ1) is 13.9. The molecule has 0 rings (SSSR count). The Kier molecular flexibility index (Phi) is 8.20. The molecule has 0 fully saturated rings. The van der Waals surface area contributed by atoms with Crippen molar-refractivity contribution in [2.45, 2.75) is 46.5 Å². The van der Waals surface area contributed by atoms with E-state index in [2.05, 4.69) is 20.8 Å². The van der Waals surface area contributed by atoms with Gasteiger partial charge in [0.1, 0.15) is 0 Å². The third-order valence-corrected chi connectivity index (χ3v) is 3.52. The molecule has 0 amide bonds. The van der Waals surface area contributed by atoms with Crippen LogP contribution in [0.3, 0.4) is 0 Å². The van der Waals surface area contributed by atoms with Crippen molar-refractivity contribution in [3.63, 3.8) is 0 Å². The van der Waals surface area contributed by atoms with Crippen molar-refractivity contribution in [1.82, 2.24) is 0 Å². The van der Waals surface area contributed by atoms with Crippen molar-refractivity contribution in [2.75, 3.05) is 13.1 Å². The highest BCUT2D eigenvalue weighted by atomic mass is 14.5. The Labute approximate surface area is 89.4 Å². The highest BCUT2D eigenvalue weighted by molar-refractivity contribution is 4.68. The van der Waals surface area contributed by atoms with E-state index in [1.54, 1.807) is 0 Å². The Bertz CT molecular complexity index is 111. The predicted molar refractivity (Wildman–Crippen MR) is 64.1 cm³/mol. The van der Waals surface area contributed by atoms with Gasteiger partial charge in [0, 0.05) is 0 Å². The van der Waals surface area contributed by atoms with Crippen LogP contribution in [0.15, 0.2) is 0 Å². The molecule has 0 bridgehead atoms. The molecule has 86 valence electrons. The molecule has 2 nitrogen and oxygen atoms in total. The molecule has 0 aliphatic carbocycles. The molecule has 0 aromatic carbocycles. The number of rotatable bonds is 8. The third kappa shape index (κ3) is 5.61. The van der Waals surface area contributed by atoms with Crippen molar-refractivity contribution < 1.29 is 0 Å².